The summed E-state index contributed by atoms with van der Waals surface area (Å²) in [5.41, 5.74) is 0.932. The maximum Gasteiger partial charge on any atom is 0.216 e. The number of halogens is 3. The van der Waals surface area contributed by atoms with Gasteiger partial charge in [-0.05, 0) is 42.0 Å². The van der Waals surface area contributed by atoms with Crippen LogP contribution in [0, 0.1) is 22.2 Å². The Morgan fingerprint density at radius 2 is 1.79 bits per heavy atom. The summed E-state index contributed by atoms with van der Waals surface area (Å²) in [7, 11) is 0. The normalized spacial score (nSPS) is 11.3. The molecule has 0 saturated heterocycles. The van der Waals surface area contributed by atoms with Crippen LogP contribution in [0.25, 0.3) is 0 Å². The summed E-state index contributed by atoms with van der Waals surface area (Å²) in [6.45, 7) is 0. The number of nitrogens with zero attached hydrogens (tertiary/aromatic N) is 3. The van der Waals surface area contributed by atoms with E-state index in [-0.39, 0.29) is 16.2 Å². The Bertz CT molecular complexity index is 945. The van der Waals surface area contributed by atoms with Crippen LogP contribution in [-0.2, 0) is 6.42 Å². The third-order valence-electron chi connectivity index (χ3n) is 3.27. The summed E-state index contributed by atoms with van der Waals surface area (Å²) >= 11 is 5.10. The minimum absolute atomic E-state index is 0.118. The van der Waals surface area contributed by atoms with Crippen molar-refractivity contribution in [2.75, 3.05) is 0 Å². The second-order valence-electron chi connectivity index (χ2n) is 4.97. The van der Waals surface area contributed by atoms with Gasteiger partial charge in [0.2, 0.25) is 4.77 Å². The van der Waals surface area contributed by atoms with Crippen molar-refractivity contribution in [3.8, 4) is 0 Å². The Kier molecular flexibility index (Phi) is 4.57. The molecule has 3 rings (SSSR count). The van der Waals surface area contributed by atoms with Gasteiger partial charge in [0.05, 0.1) is 6.21 Å². The molecule has 24 heavy (non-hydrogen) atoms. The molecule has 0 radical (unpaired) electrons. The number of benzene rings is 2. The van der Waals surface area contributed by atoms with Gasteiger partial charge in [-0.2, -0.15) is 14.9 Å². The first-order valence-electron chi connectivity index (χ1n) is 6.93. The fourth-order valence-corrected chi connectivity index (χ4v) is 2.27. The van der Waals surface area contributed by atoms with Gasteiger partial charge in [0.15, 0.2) is 5.82 Å². The van der Waals surface area contributed by atoms with Crippen LogP contribution in [0.5, 0.6) is 0 Å². The standard InChI is InChI=1S/C16H11F3N4S/c17-12-4-1-10(2-5-12)7-15-21-22-16(24)23(15)20-9-11-3-6-13(18)8-14(11)19/h1-6,8-9H,7H2,(H,22,24)/b20-9-. The summed E-state index contributed by atoms with van der Waals surface area (Å²) in [5.74, 6) is -1.25. The Morgan fingerprint density at radius 3 is 2.50 bits per heavy atom. The molecule has 0 aliphatic carbocycles. The first kappa shape index (κ1) is 16.1. The van der Waals surface area contributed by atoms with E-state index in [1.54, 1.807) is 12.1 Å². The lowest BCUT2D eigenvalue weighted by atomic mass is 10.1. The summed E-state index contributed by atoms with van der Waals surface area (Å²) < 4.78 is 41.1. The summed E-state index contributed by atoms with van der Waals surface area (Å²) in [6, 6.07) is 9.13. The van der Waals surface area contributed by atoms with Crippen LogP contribution in [0.3, 0.4) is 0 Å². The molecule has 122 valence electrons. The van der Waals surface area contributed by atoms with Crippen molar-refractivity contribution in [2.45, 2.75) is 6.42 Å². The van der Waals surface area contributed by atoms with Gasteiger partial charge >= 0.3 is 0 Å². The number of aromatic nitrogens is 3. The molecule has 0 spiro atoms. The number of aromatic amines is 1. The maximum absolute atomic E-state index is 13.6. The van der Waals surface area contributed by atoms with Crippen molar-refractivity contribution in [1.82, 2.24) is 14.9 Å². The van der Waals surface area contributed by atoms with E-state index in [1.807, 2.05) is 0 Å². The van der Waals surface area contributed by atoms with E-state index in [0.717, 1.165) is 17.7 Å². The number of H-pyrrole nitrogens is 1. The molecule has 1 heterocycles. The Hall–Kier alpha value is -2.74. The molecule has 8 heteroatoms. The third kappa shape index (κ3) is 3.60. The Morgan fingerprint density at radius 1 is 1.08 bits per heavy atom. The summed E-state index contributed by atoms with van der Waals surface area (Å²) in [5, 5.41) is 10.8. The lowest BCUT2D eigenvalue weighted by Crippen LogP contribution is -2.01. The van der Waals surface area contributed by atoms with Gasteiger partial charge in [0.25, 0.3) is 0 Å². The molecule has 4 nitrogen and oxygen atoms in total. The van der Waals surface area contributed by atoms with Gasteiger partial charge < -0.3 is 0 Å². The number of nitrogens with one attached hydrogen (secondary N) is 1. The fourth-order valence-electron chi connectivity index (χ4n) is 2.07. The topological polar surface area (TPSA) is 46.0 Å². The maximum atomic E-state index is 13.6. The predicted octanol–water partition coefficient (Wildman–Crippen LogP) is 3.83. The smallest absolute Gasteiger partial charge is 0.216 e. The van der Waals surface area contributed by atoms with Gasteiger partial charge in [0, 0.05) is 18.1 Å². The van der Waals surface area contributed by atoms with Crippen LogP contribution >= 0.6 is 12.2 Å². The van der Waals surface area contributed by atoms with Gasteiger partial charge in [-0.3, -0.25) is 5.10 Å². The number of hydrogen-bond donors (Lipinski definition) is 1. The highest BCUT2D eigenvalue weighted by Gasteiger charge is 2.07. The van der Waals surface area contributed by atoms with Gasteiger partial charge in [-0.15, -0.1) is 0 Å². The van der Waals surface area contributed by atoms with Crippen LogP contribution in [0.2, 0.25) is 0 Å². The molecule has 0 bridgehead atoms. The summed E-state index contributed by atoms with van der Waals surface area (Å²) in [4.78, 5) is 0. The summed E-state index contributed by atoms with van der Waals surface area (Å²) in [6.07, 6.45) is 1.59. The van der Waals surface area contributed by atoms with E-state index >= 15 is 0 Å². The predicted molar refractivity (Wildman–Crippen MR) is 86.0 cm³/mol. The Balaban J connectivity index is 1.88. The van der Waals surface area contributed by atoms with Gasteiger partial charge in [-0.1, -0.05) is 12.1 Å². The van der Waals surface area contributed by atoms with Crippen molar-refractivity contribution in [2.24, 2.45) is 5.10 Å². The molecule has 0 aliphatic rings. The van der Waals surface area contributed by atoms with Gasteiger partial charge in [-0.25, -0.2) is 13.2 Å². The molecule has 2 aromatic carbocycles. The lowest BCUT2D eigenvalue weighted by Gasteiger charge is -2.02. The van der Waals surface area contributed by atoms with Crippen LogP contribution in [0.4, 0.5) is 13.2 Å². The molecule has 0 atom stereocenters. The molecule has 0 amide bonds. The molecule has 3 aromatic rings. The lowest BCUT2D eigenvalue weighted by molar-refractivity contribution is 0.582. The molecule has 0 fully saturated rings. The first-order chi connectivity index (χ1) is 11.5. The quantitative estimate of drug-likeness (QED) is 0.575. The van der Waals surface area contributed by atoms with Crippen molar-refractivity contribution in [1.29, 1.82) is 0 Å². The van der Waals surface area contributed by atoms with Crippen LogP contribution < -0.4 is 0 Å². The van der Waals surface area contributed by atoms with Crippen molar-refractivity contribution >= 4 is 18.4 Å². The zero-order valence-corrected chi connectivity index (χ0v) is 13.0. The van der Waals surface area contributed by atoms with Gasteiger partial charge in [0.1, 0.15) is 17.5 Å². The van der Waals surface area contributed by atoms with E-state index < -0.39 is 11.6 Å². The molecule has 1 aromatic heterocycles. The van der Waals surface area contributed by atoms with Crippen LogP contribution in [0.15, 0.2) is 47.6 Å². The average molecular weight is 348 g/mol. The zero-order valence-electron chi connectivity index (χ0n) is 12.2. The van der Waals surface area contributed by atoms with E-state index in [4.69, 9.17) is 12.2 Å². The van der Waals surface area contributed by atoms with E-state index in [9.17, 15) is 13.2 Å². The second kappa shape index (κ2) is 6.79. The largest absolute Gasteiger partial charge is 0.250 e. The fraction of sp³-hybridized carbons (Fsp3) is 0.0625. The highest BCUT2D eigenvalue weighted by atomic mass is 32.1. The van der Waals surface area contributed by atoms with E-state index in [0.29, 0.717) is 12.2 Å². The zero-order chi connectivity index (χ0) is 17.1. The van der Waals surface area contributed by atoms with E-state index in [2.05, 4.69) is 15.3 Å². The minimum Gasteiger partial charge on any atom is -0.250 e. The minimum atomic E-state index is -0.728. The van der Waals surface area contributed by atoms with Crippen LogP contribution in [-0.4, -0.2) is 21.1 Å². The average Bonchev–Trinajstić information content (AvgIpc) is 2.89. The number of hydrogen-bond acceptors (Lipinski definition) is 3. The van der Waals surface area contributed by atoms with Crippen molar-refractivity contribution < 1.29 is 13.2 Å². The molecule has 1 N–H and O–H groups in total. The SMILES string of the molecule is Fc1ccc(Cc2n[nH]c(=S)n2/N=C\c2ccc(F)cc2F)cc1. The van der Waals surface area contributed by atoms with Crippen molar-refractivity contribution in [3.05, 3.63) is 81.6 Å². The van der Waals surface area contributed by atoms with E-state index in [1.165, 1.54) is 29.1 Å². The highest BCUT2D eigenvalue weighted by Crippen LogP contribution is 2.11. The monoisotopic (exact) mass is 348 g/mol. The third-order valence-corrected chi connectivity index (χ3v) is 3.53. The molecular formula is C16H11F3N4S. The Labute approximate surface area is 140 Å². The van der Waals surface area contributed by atoms with Crippen molar-refractivity contribution in [3.63, 3.8) is 0 Å². The first-order valence-corrected chi connectivity index (χ1v) is 7.34. The molecule has 0 saturated carbocycles. The number of rotatable bonds is 4. The molecule has 0 unspecified atom stereocenters. The molecular weight excluding hydrogens is 337 g/mol. The second-order valence-corrected chi connectivity index (χ2v) is 5.36. The molecule has 0 aliphatic heterocycles. The van der Waals surface area contributed by atoms with Crippen LogP contribution in [0.1, 0.15) is 17.0 Å². The highest BCUT2D eigenvalue weighted by molar-refractivity contribution is 7.71.